The van der Waals surface area contributed by atoms with Gasteiger partial charge in [-0.15, -0.1) is 0 Å². The summed E-state index contributed by atoms with van der Waals surface area (Å²) in [6.45, 7) is 0. The van der Waals surface area contributed by atoms with Crippen LogP contribution in [0.3, 0.4) is 0 Å². The van der Waals surface area contributed by atoms with E-state index in [9.17, 15) is 14.9 Å². The number of anilines is 1. The first-order chi connectivity index (χ1) is 9.95. The lowest BCUT2D eigenvalue weighted by atomic mass is 10.3. The highest BCUT2D eigenvalue weighted by atomic mass is 35.5. The molecule has 2 rings (SSSR count). The molecule has 0 spiro atoms. The van der Waals surface area contributed by atoms with Gasteiger partial charge in [-0.3, -0.25) is 14.9 Å². The summed E-state index contributed by atoms with van der Waals surface area (Å²) in [7, 11) is 0. The molecule has 1 aromatic carbocycles. The fourth-order valence-corrected chi connectivity index (χ4v) is 2.63. The Kier molecular flexibility index (Phi) is 4.95. The Labute approximate surface area is 134 Å². The monoisotopic (exact) mass is 342 g/mol. The zero-order chi connectivity index (χ0) is 15.4. The van der Waals surface area contributed by atoms with Crippen LogP contribution < -0.4 is 5.32 Å². The third kappa shape index (κ3) is 4.29. The van der Waals surface area contributed by atoms with Gasteiger partial charge in [0.15, 0.2) is 0 Å². The predicted molar refractivity (Wildman–Crippen MR) is 85.1 cm³/mol. The van der Waals surface area contributed by atoms with E-state index in [4.69, 9.17) is 23.2 Å². The summed E-state index contributed by atoms with van der Waals surface area (Å²) in [5, 5.41) is 14.0. The molecule has 0 unspecified atom stereocenters. The molecule has 8 heteroatoms. The van der Waals surface area contributed by atoms with Gasteiger partial charge in [0.1, 0.15) is 0 Å². The van der Waals surface area contributed by atoms with E-state index < -0.39 is 10.8 Å². The van der Waals surface area contributed by atoms with Gasteiger partial charge >= 0.3 is 5.00 Å². The number of nitro groups is 1. The Bertz CT molecular complexity index is 728. The van der Waals surface area contributed by atoms with Crippen molar-refractivity contribution in [2.24, 2.45) is 0 Å². The molecule has 0 atom stereocenters. The maximum absolute atomic E-state index is 11.7. The molecule has 0 bridgehead atoms. The van der Waals surface area contributed by atoms with Crippen molar-refractivity contribution in [3.63, 3.8) is 0 Å². The zero-order valence-corrected chi connectivity index (χ0v) is 12.7. The molecule has 0 saturated heterocycles. The third-order valence-corrected chi connectivity index (χ3v) is 3.93. The van der Waals surface area contributed by atoms with Crippen LogP contribution in [0.15, 0.2) is 36.4 Å². The Hall–Kier alpha value is -1.89. The number of nitrogens with one attached hydrogen (secondary N) is 1. The fourth-order valence-electron chi connectivity index (χ4n) is 1.45. The SMILES string of the molecule is O=C(/C=C/c1ccc([N+](=O)[O-])s1)Nc1ccc(Cl)cc1Cl. The van der Waals surface area contributed by atoms with Crippen LogP contribution in [0.1, 0.15) is 4.88 Å². The minimum atomic E-state index is -0.477. The number of carbonyl (C=O) groups is 1. The minimum absolute atomic E-state index is 0.0239. The lowest BCUT2D eigenvalue weighted by molar-refractivity contribution is -0.380. The number of amides is 1. The number of halogens is 2. The van der Waals surface area contributed by atoms with Crippen molar-refractivity contribution in [2.75, 3.05) is 5.32 Å². The van der Waals surface area contributed by atoms with Crippen molar-refractivity contribution in [2.45, 2.75) is 0 Å². The lowest BCUT2D eigenvalue weighted by Gasteiger charge is -2.04. The summed E-state index contributed by atoms with van der Waals surface area (Å²) in [4.78, 5) is 22.4. The molecule has 1 heterocycles. The molecule has 2 aromatic rings. The van der Waals surface area contributed by atoms with Gasteiger partial charge in [-0.1, -0.05) is 34.5 Å². The van der Waals surface area contributed by atoms with Gasteiger partial charge < -0.3 is 5.32 Å². The highest BCUT2D eigenvalue weighted by Crippen LogP contribution is 2.26. The average molecular weight is 343 g/mol. The molecule has 5 nitrogen and oxygen atoms in total. The highest BCUT2D eigenvalue weighted by Gasteiger charge is 2.08. The number of benzene rings is 1. The molecule has 0 aliphatic heterocycles. The van der Waals surface area contributed by atoms with E-state index in [1.165, 1.54) is 24.3 Å². The van der Waals surface area contributed by atoms with E-state index in [0.29, 0.717) is 20.6 Å². The fraction of sp³-hybridized carbons (Fsp3) is 0. The zero-order valence-electron chi connectivity index (χ0n) is 10.4. The number of carbonyl (C=O) groups excluding carboxylic acids is 1. The Morgan fingerprint density at radius 3 is 2.67 bits per heavy atom. The van der Waals surface area contributed by atoms with Crippen LogP contribution >= 0.6 is 34.5 Å². The second-order valence-corrected chi connectivity index (χ2v) is 5.82. The van der Waals surface area contributed by atoms with Crippen molar-refractivity contribution in [1.29, 1.82) is 0 Å². The van der Waals surface area contributed by atoms with Crippen LogP contribution in [-0.2, 0) is 4.79 Å². The Morgan fingerprint density at radius 1 is 1.29 bits per heavy atom. The van der Waals surface area contributed by atoms with E-state index in [0.717, 1.165) is 11.3 Å². The molecule has 1 amide bonds. The molecule has 0 aliphatic rings. The minimum Gasteiger partial charge on any atom is -0.321 e. The first kappa shape index (κ1) is 15.5. The Balaban J connectivity index is 2.03. The van der Waals surface area contributed by atoms with E-state index in [1.807, 2.05) is 0 Å². The van der Waals surface area contributed by atoms with E-state index in [-0.39, 0.29) is 5.00 Å². The maximum atomic E-state index is 11.7. The maximum Gasteiger partial charge on any atom is 0.324 e. The molecule has 0 radical (unpaired) electrons. The smallest absolute Gasteiger partial charge is 0.321 e. The van der Waals surface area contributed by atoms with Crippen LogP contribution in [0.2, 0.25) is 10.0 Å². The van der Waals surface area contributed by atoms with Crippen LogP contribution in [0.25, 0.3) is 6.08 Å². The lowest BCUT2D eigenvalue weighted by Crippen LogP contribution is -2.07. The van der Waals surface area contributed by atoms with Gasteiger partial charge in [0.05, 0.1) is 15.6 Å². The number of hydrogen-bond donors (Lipinski definition) is 1. The van der Waals surface area contributed by atoms with Crippen molar-refractivity contribution in [3.05, 3.63) is 61.4 Å². The van der Waals surface area contributed by atoms with E-state index in [1.54, 1.807) is 18.2 Å². The number of thiophene rings is 1. The Morgan fingerprint density at radius 2 is 2.05 bits per heavy atom. The normalized spacial score (nSPS) is 10.8. The summed E-state index contributed by atoms with van der Waals surface area (Å²) >= 11 is 12.7. The topological polar surface area (TPSA) is 72.2 Å². The number of hydrogen-bond acceptors (Lipinski definition) is 4. The summed E-state index contributed by atoms with van der Waals surface area (Å²) in [6.07, 6.45) is 2.78. The summed E-state index contributed by atoms with van der Waals surface area (Å²) in [5.74, 6) is -0.393. The number of rotatable bonds is 4. The molecule has 0 saturated carbocycles. The molecule has 21 heavy (non-hydrogen) atoms. The predicted octanol–water partition coefficient (Wildman–Crippen LogP) is 4.62. The van der Waals surface area contributed by atoms with Gasteiger partial charge in [0, 0.05) is 22.0 Å². The first-order valence-electron chi connectivity index (χ1n) is 5.64. The molecular formula is C13H8Cl2N2O3S. The average Bonchev–Trinajstić information content (AvgIpc) is 2.89. The molecule has 0 aliphatic carbocycles. The molecule has 1 N–H and O–H groups in total. The van der Waals surface area contributed by atoms with Gasteiger partial charge in [0.2, 0.25) is 5.91 Å². The van der Waals surface area contributed by atoms with Crippen LogP contribution in [0, 0.1) is 10.1 Å². The summed E-state index contributed by atoms with van der Waals surface area (Å²) in [5.41, 5.74) is 0.438. The van der Waals surface area contributed by atoms with Gasteiger partial charge in [-0.05, 0) is 30.3 Å². The van der Waals surface area contributed by atoms with Gasteiger partial charge in [-0.25, -0.2) is 0 Å². The van der Waals surface area contributed by atoms with Crippen LogP contribution in [0.5, 0.6) is 0 Å². The van der Waals surface area contributed by atoms with Gasteiger partial charge in [0.25, 0.3) is 0 Å². The van der Waals surface area contributed by atoms with Crippen LogP contribution in [-0.4, -0.2) is 10.8 Å². The standard InChI is InChI=1S/C13H8Cl2N2O3S/c14-8-1-4-11(10(15)7-8)16-12(18)5-2-9-3-6-13(21-9)17(19)20/h1-7H,(H,16,18)/b5-2+. The van der Waals surface area contributed by atoms with Crippen molar-refractivity contribution < 1.29 is 9.72 Å². The third-order valence-electron chi connectivity index (χ3n) is 2.38. The quantitative estimate of drug-likeness (QED) is 0.500. The van der Waals surface area contributed by atoms with Gasteiger partial charge in [-0.2, -0.15) is 0 Å². The summed E-state index contributed by atoms with van der Waals surface area (Å²) in [6, 6.07) is 7.67. The van der Waals surface area contributed by atoms with Crippen molar-refractivity contribution in [3.8, 4) is 0 Å². The van der Waals surface area contributed by atoms with E-state index in [2.05, 4.69) is 5.32 Å². The second-order valence-electron chi connectivity index (χ2n) is 3.88. The first-order valence-corrected chi connectivity index (χ1v) is 7.21. The molecule has 1 aromatic heterocycles. The van der Waals surface area contributed by atoms with Crippen molar-refractivity contribution >= 4 is 57.2 Å². The number of nitrogens with zero attached hydrogens (tertiary/aromatic N) is 1. The molecular weight excluding hydrogens is 335 g/mol. The second kappa shape index (κ2) is 6.71. The van der Waals surface area contributed by atoms with E-state index >= 15 is 0 Å². The molecule has 108 valence electrons. The highest BCUT2D eigenvalue weighted by molar-refractivity contribution is 7.16. The largest absolute Gasteiger partial charge is 0.324 e. The molecule has 0 fully saturated rings. The van der Waals surface area contributed by atoms with Crippen LogP contribution in [0.4, 0.5) is 10.7 Å². The van der Waals surface area contributed by atoms with Crippen molar-refractivity contribution in [1.82, 2.24) is 0 Å². The summed E-state index contributed by atoms with van der Waals surface area (Å²) < 4.78 is 0.